The van der Waals surface area contributed by atoms with E-state index in [0.29, 0.717) is 0 Å². The molecular formula is C9H16O. The van der Waals surface area contributed by atoms with Crippen LogP contribution in [0.3, 0.4) is 0 Å². The van der Waals surface area contributed by atoms with Crippen LogP contribution in [0.2, 0.25) is 0 Å². The summed E-state index contributed by atoms with van der Waals surface area (Å²) in [5.41, 5.74) is 0. The number of hydrogen-bond donors (Lipinski definition) is 0. The number of allylic oxidation sites excluding steroid dienone is 2. The van der Waals surface area contributed by atoms with Gasteiger partial charge in [-0.1, -0.05) is 19.9 Å². The van der Waals surface area contributed by atoms with Crippen molar-refractivity contribution in [1.82, 2.24) is 0 Å². The quantitative estimate of drug-likeness (QED) is 0.548. The maximum absolute atomic E-state index is 10.4. The fourth-order valence-electron chi connectivity index (χ4n) is 0.679. The molecule has 0 fully saturated rings. The monoisotopic (exact) mass is 140 g/mol. The highest BCUT2D eigenvalue weighted by molar-refractivity contribution is 5.87. The molecule has 0 N–H and O–H groups in total. The lowest BCUT2D eigenvalue weighted by Gasteiger charge is -1.97. The number of carbonyl (C=O) groups is 1. The van der Waals surface area contributed by atoms with Crippen molar-refractivity contribution in [2.45, 2.75) is 33.6 Å². The molecule has 0 spiro atoms. The molecule has 0 aromatic heterocycles. The molecule has 0 aromatic carbocycles. The Morgan fingerprint density at radius 1 is 1.50 bits per heavy atom. The van der Waals surface area contributed by atoms with Gasteiger partial charge in [0.15, 0.2) is 5.78 Å². The van der Waals surface area contributed by atoms with Gasteiger partial charge >= 0.3 is 0 Å². The molecule has 0 bridgehead atoms. The van der Waals surface area contributed by atoms with Crippen molar-refractivity contribution < 1.29 is 4.79 Å². The lowest BCUT2D eigenvalue weighted by Crippen LogP contribution is -1.85. The minimum atomic E-state index is 0.142. The topological polar surface area (TPSA) is 17.1 Å². The number of rotatable bonds is 4. The molecule has 0 heterocycles. The van der Waals surface area contributed by atoms with E-state index in [1.807, 2.05) is 6.08 Å². The lowest BCUT2D eigenvalue weighted by atomic mass is 10.1. The highest BCUT2D eigenvalue weighted by Gasteiger charge is 1.89. The summed E-state index contributed by atoms with van der Waals surface area (Å²) in [6.07, 6.45) is 5.78. The molecule has 10 heavy (non-hydrogen) atoms. The van der Waals surface area contributed by atoms with E-state index in [9.17, 15) is 4.79 Å². The zero-order valence-electron chi connectivity index (χ0n) is 7.05. The summed E-state index contributed by atoms with van der Waals surface area (Å²) < 4.78 is 0. The van der Waals surface area contributed by atoms with Crippen LogP contribution in [0.5, 0.6) is 0 Å². The highest BCUT2D eigenvalue weighted by Crippen LogP contribution is 2.03. The van der Waals surface area contributed by atoms with E-state index < -0.39 is 0 Å². The van der Waals surface area contributed by atoms with Gasteiger partial charge in [-0.15, -0.1) is 0 Å². The predicted octanol–water partition coefficient (Wildman–Crippen LogP) is 2.57. The number of hydrogen-bond acceptors (Lipinski definition) is 1. The van der Waals surface area contributed by atoms with E-state index in [1.54, 1.807) is 13.0 Å². The molecule has 0 rings (SSSR count). The zero-order valence-corrected chi connectivity index (χ0v) is 7.05. The minimum Gasteiger partial charge on any atom is -0.295 e. The van der Waals surface area contributed by atoms with Gasteiger partial charge in [-0.2, -0.15) is 0 Å². The van der Waals surface area contributed by atoms with Gasteiger partial charge in [-0.05, 0) is 31.8 Å². The van der Waals surface area contributed by atoms with Crippen LogP contribution in [0, 0.1) is 5.92 Å². The number of carbonyl (C=O) groups excluding carboxylic acids is 1. The standard InChI is InChI=1S/C9H16O/c1-8(2)6-4-5-7-9(3)10/h5,7-8H,4,6H2,1-3H3. The van der Waals surface area contributed by atoms with E-state index in [1.165, 1.54) is 6.42 Å². The van der Waals surface area contributed by atoms with Crippen LogP contribution in [-0.4, -0.2) is 5.78 Å². The highest BCUT2D eigenvalue weighted by atomic mass is 16.1. The van der Waals surface area contributed by atoms with Crippen molar-refractivity contribution in [2.75, 3.05) is 0 Å². The first-order valence-corrected chi connectivity index (χ1v) is 3.80. The van der Waals surface area contributed by atoms with Crippen molar-refractivity contribution in [2.24, 2.45) is 5.92 Å². The molecule has 1 heteroatoms. The van der Waals surface area contributed by atoms with Crippen molar-refractivity contribution in [3.63, 3.8) is 0 Å². The first kappa shape index (κ1) is 9.41. The summed E-state index contributed by atoms with van der Waals surface area (Å²) in [6.45, 7) is 5.94. The van der Waals surface area contributed by atoms with E-state index in [2.05, 4.69) is 13.8 Å². The van der Waals surface area contributed by atoms with Crippen molar-refractivity contribution in [3.05, 3.63) is 12.2 Å². The lowest BCUT2D eigenvalue weighted by molar-refractivity contribution is -0.112. The summed E-state index contributed by atoms with van der Waals surface area (Å²) in [4.78, 5) is 10.4. The molecular weight excluding hydrogens is 124 g/mol. The van der Waals surface area contributed by atoms with Crippen molar-refractivity contribution in [3.8, 4) is 0 Å². The molecule has 0 aliphatic rings. The molecule has 0 amide bonds. The molecule has 0 saturated heterocycles. The van der Waals surface area contributed by atoms with Crippen LogP contribution >= 0.6 is 0 Å². The minimum absolute atomic E-state index is 0.142. The third-order valence-electron chi connectivity index (χ3n) is 1.26. The molecule has 0 saturated carbocycles. The maximum atomic E-state index is 10.4. The van der Waals surface area contributed by atoms with Crippen molar-refractivity contribution in [1.29, 1.82) is 0 Å². The maximum Gasteiger partial charge on any atom is 0.152 e. The van der Waals surface area contributed by atoms with Crippen LogP contribution in [0.1, 0.15) is 33.6 Å². The third kappa shape index (κ3) is 7.41. The van der Waals surface area contributed by atoms with E-state index in [0.717, 1.165) is 12.3 Å². The van der Waals surface area contributed by atoms with Crippen LogP contribution in [-0.2, 0) is 4.79 Å². The average Bonchev–Trinajstić information content (AvgIpc) is 1.79. The van der Waals surface area contributed by atoms with Gasteiger partial charge in [0.25, 0.3) is 0 Å². The van der Waals surface area contributed by atoms with Gasteiger partial charge in [0.1, 0.15) is 0 Å². The normalized spacial score (nSPS) is 11.2. The Balaban J connectivity index is 3.27. The number of ketones is 1. The molecule has 0 radical (unpaired) electrons. The second kappa shape index (κ2) is 5.21. The van der Waals surface area contributed by atoms with Crippen LogP contribution in [0.15, 0.2) is 12.2 Å². The second-order valence-corrected chi connectivity index (χ2v) is 2.98. The van der Waals surface area contributed by atoms with Crippen molar-refractivity contribution >= 4 is 5.78 Å². The zero-order chi connectivity index (χ0) is 7.98. The van der Waals surface area contributed by atoms with Crippen LogP contribution in [0.25, 0.3) is 0 Å². The molecule has 0 aliphatic heterocycles. The largest absolute Gasteiger partial charge is 0.295 e. The third-order valence-corrected chi connectivity index (χ3v) is 1.26. The Hall–Kier alpha value is -0.590. The molecule has 0 atom stereocenters. The average molecular weight is 140 g/mol. The Morgan fingerprint density at radius 2 is 2.10 bits per heavy atom. The van der Waals surface area contributed by atoms with Gasteiger partial charge in [-0.3, -0.25) is 4.79 Å². The summed E-state index contributed by atoms with van der Waals surface area (Å²) in [6, 6.07) is 0. The van der Waals surface area contributed by atoms with Crippen LogP contribution < -0.4 is 0 Å². The van der Waals surface area contributed by atoms with Gasteiger partial charge in [0.05, 0.1) is 0 Å². The molecule has 0 unspecified atom stereocenters. The fraction of sp³-hybridized carbons (Fsp3) is 0.667. The Labute approximate surface area is 63.1 Å². The molecule has 0 aliphatic carbocycles. The fourth-order valence-corrected chi connectivity index (χ4v) is 0.679. The summed E-state index contributed by atoms with van der Waals surface area (Å²) in [5.74, 6) is 0.875. The predicted molar refractivity (Wildman–Crippen MR) is 43.9 cm³/mol. The van der Waals surface area contributed by atoms with E-state index in [4.69, 9.17) is 0 Å². The first-order valence-electron chi connectivity index (χ1n) is 3.80. The van der Waals surface area contributed by atoms with Gasteiger partial charge in [0.2, 0.25) is 0 Å². The first-order chi connectivity index (χ1) is 4.63. The molecule has 0 aromatic rings. The smallest absolute Gasteiger partial charge is 0.152 e. The Bertz CT molecular complexity index is 123. The van der Waals surface area contributed by atoms with Gasteiger partial charge in [0, 0.05) is 0 Å². The van der Waals surface area contributed by atoms with Gasteiger partial charge in [-0.25, -0.2) is 0 Å². The molecule has 58 valence electrons. The summed E-state index contributed by atoms with van der Waals surface area (Å²) in [5, 5.41) is 0. The Morgan fingerprint density at radius 3 is 2.50 bits per heavy atom. The second-order valence-electron chi connectivity index (χ2n) is 2.98. The summed E-state index contributed by atoms with van der Waals surface area (Å²) >= 11 is 0. The molecule has 1 nitrogen and oxygen atoms in total. The Kier molecular flexibility index (Phi) is 4.91. The van der Waals surface area contributed by atoms with E-state index >= 15 is 0 Å². The van der Waals surface area contributed by atoms with E-state index in [-0.39, 0.29) is 5.78 Å². The van der Waals surface area contributed by atoms with Gasteiger partial charge < -0.3 is 0 Å². The van der Waals surface area contributed by atoms with Crippen LogP contribution in [0.4, 0.5) is 0 Å². The summed E-state index contributed by atoms with van der Waals surface area (Å²) in [7, 11) is 0. The SMILES string of the molecule is CC(=O)C=CCCC(C)C.